The van der Waals surface area contributed by atoms with Gasteiger partial charge in [-0.2, -0.15) is 0 Å². The lowest BCUT2D eigenvalue weighted by molar-refractivity contribution is -0.384. The lowest BCUT2D eigenvalue weighted by Gasteiger charge is -2.15. The number of amides is 1. The molecule has 1 atom stereocenters. The van der Waals surface area contributed by atoms with E-state index in [1.807, 2.05) is 6.07 Å². The topological polar surface area (TPSA) is 88.4 Å². The second-order valence-electron chi connectivity index (χ2n) is 5.04. The van der Waals surface area contributed by atoms with E-state index in [-0.39, 0.29) is 11.6 Å². The Bertz CT molecular complexity index is 731. The highest BCUT2D eigenvalue weighted by Crippen LogP contribution is 2.32. The fourth-order valence-corrected chi connectivity index (χ4v) is 2.55. The standard InChI is InChI=1S/C14H14N4O3/c1-17-7-6-11(14(17)19)16-13-9-4-2-3-5-10(9)15-8-12(13)18(20)21/h2-5,8,11H,6-7H2,1H3,(H,15,16). The highest BCUT2D eigenvalue weighted by Gasteiger charge is 2.31. The summed E-state index contributed by atoms with van der Waals surface area (Å²) in [5.41, 5.74) is 0.903. The van der Waals surface area contributed by atoms with Gasteiger partial charge in [-0.3, -0.25) is 14.9 Å². The molecule has 0 bridgehead atoms. The van der Waals surface area contributed by atoms with Gasteiger partial charge in [-0.15, -0.1) is 0 Å². The number of hydrogen-bond acceptors (Lipinski definition) is 5. The van der Waals surface area contributed by atoms with E-state index in [1.54, 1.807) is 30.1 Å². The number of para-hydroxylation sites is 1. The Morgan fingerprint density at radius 2 is 2.19 bits per heavy atom. The van der Waals surface area contributed by atoms with E-state index in [0.717, 1.165) is 0 Å². The first-order chi connectivity index (χ1) is 10.1. The van der Waals surface area contributed by atoms with Crippen LogP contribution in [0.1, 0.15) is 6.42 Å². The number of nitrogens with zero attached hydrogens (tertiary/aromatic N) is 3. The second-order valence-corrected chi connectivity index (χ2v) is 5.04. The lowest BCUT2D eigenvalue weighted by Crippen LogP contribution is -2.31. The van der Waals surface area contributed by atoms with Crippen LogP contribution in [0.3, 0.4) is 0 Å². The summed E-state index contributed by atoms with van der Waals surface area (Å²) in [5.74, 6) is -0.0507. The van der Waals surface area contributed by atoms with E-state index in [0.29, 0.717) is 29.6 Å². The zero-order valence-electron chi connectivity index (χ0n) is 11.4. The summed E-state index contributed by atoms with van der Waals surface area (Å²) in [5, 5.41) is 14.9. The predicted octanol–water partition coefficient (Wildman–Crippen LogP) is 1.79. The molecule has 7 heteroatoms. The smallest absolute Gasteiger partial charge is 0.311 e. The lowest BCUT2D eigenvalue weighted by atomic mass is 10.1. The molecule has 2 heterocycles. The third-order valence-corrected chi connectivity index (χ3v) is 3.70. The zero-order chi connectivity index (χ0) is 15.0. The van der Waals surface area contributed by atoms with Crippen LogP contribution >= 0.6 is 0 Å². The fraction of sp³-hybridized carbons (Fsp3) is 0.286. The molecule has 1 aromatic carbocycles. The van der Waals surface area contributed by atoms with Crippen LogP contribution in [0.2, 0.25) is 0 Å². The molecule has 0 saturated carbocycles. The summed E-state index contributed by atoms with van der Waals surface area (Å²) in [6, 6.07) is 6.73. The average molecular weight is 286 g/mol. The van der Waals surface area contributed by atoms with Gasteiger partial charge in [-0.25, -0.2) is 4.98 Å². The minimum atomic E-state index is -0.481. The molecule has 7 nitrogen and oxygen atoms in total. The number of nitrogens with one attached hydrogen (secondary N) is 1. The number of likely N-dealkylation sites (N-methyl/N-ethyl adjacent to an activating group) is 1. The summed E-state index contributed by atoms with van der Waals surface area (Å²) < 4.78 is 0. The van der Waals surface area contributed by atoms with Crippen LogP contribution in [0.25, 0.3) is 10.9 Å². The Morgan fingerprint density at radius 1 is 1.43 bits per heavy atom. The molecule has 1 N–H and O–H groups in total. The summed E-state index contributed by atoms with van der Waals surface area (Å²) in [6.07, 6.45) is 1.86. The van der Waals surface area contributed by atoms with Crippen LogP contribution in [0.4, 0.5) is 11.4 Å². The number of anilines is 1. The number of nitro groups is 1. The molecule has 1 aliphatic rings. The van der Waals surface area contributed by atoms with Crippen molar-refractivity contribution >= 4 is 28.2 Å². The van der Waals surface area contributed by atoms with Crippen molar-refractivity contribution < 1.29 is 9.72 Å². The minimum absolute atomic E-state index is 0.0507. The Morgan fingerprint density at radius 3 is 2.86 bits per heavy atom. The molecule has 0 radical (unpaired) electrons. The highest BCUT2D eigenvalue weighted by molar-refractivity contribution is 5.98. The maximum absolute atomic E-state index is 12.0. The Labute approximate surface area is 120 Å². The quantitative estimate of drug-likeness (QED) is 0.686. The molecule has 3 rings (SSSR count). The highest BCUT2D eigenvalue weighted by atomic mass is 16.6. The van der Waals surface area contributed by atoms with Crippen LogP contribution in [-0.4, -0.2) is 40.3 Å². The fourth-order valence-electron chi connectivity index (χ4n) is 2.55. The molecule has 1 saturated heterocycles. The van der Waals surface area contributed by atoms with Crippen LogP contribution in [0.15, 0.2) is 30.5 Å². The average Bonchev–Trinajstić information content (AvgIpc) is 2.79. The van der Waals surface area contributed by atoms with Crippen molar-refractivity contribution in [3.05, 3.63) is 40.6 Å². The van der Waals surface area contributed by atoms with E-state index < -0.39 is 11.0 Å². The molecule has 1 amide bonds. The number of rotatable bonds is 3. The third-order valence-electron chi connectivity index (χ3n) is 3.70. The van der Waals surface area contributed by atoms with Gasteiger partial charge in [-0.1, -0.05) is 18.2 Å². The molecule has 21 heavy (non-hydrogen) atoms. The number of benzene rings is 1. The molecule has 0 aliphatic carbocycles. The van der Waals surface area contributed by atoms with Crippen molar-refractivity contribution in [2.45, 2.75) is 12.5 Å². The zero-order valence-corrected chi connectivity index (χ0v) is 11.4. The van der Waals surface area contributed by atoms with Gasteiger partial charge in [0.25, 0.3) is 0 Å². The van der Waals surface area contributed by atoms with Crippen LogP contribution in [0, 0.1) is 10.1 Å². The molecule has 1 unspecified atom stereocenters. The molecule has 1 fully saturated rings. The SMILES string of the molecule is CN1CCC(Nc2c([N+](=O)[O-])cnc3ccccc23)C1=O. The molecular weight excluding hydrogens is 272 g/mol. The molecule has 2 aromatic rings. The first-order valence-corrected chi connectivity index (χ1v) is 6.61. The van der Waals surface area contributed by atoms with Gasteiger partial charge in [-0.05, 0) is 12.5 Å². The normalized spacial score (nSPS) is 18.2. The van der Waals surface area contributed by atoms with Crippen LogP contribution < -0.4 is 5.32 Å². The van der Waals surface area contributed by atoms with Gasteiger partial charge < -0.3 is 10.2 Å². The van der Waals surface area contributed by atoms with E-state index >= 15 is 0 Å². The number of aromatic nitrogens is 1. The number of carbonyl (C=O) groups is 1. The molecular formula is C14H14N4O3. The van der Waals surface area contributed by atoms with E-state index in [1.165, 1.54) is 6.20 Å². The molecule has 0 spiro atoms. The monoisotopic (exact) mass is 286 g/mol. The number of hydrogen-bond donors (Lipinski definition) is 1. The van der Waals surface area contributed by atoms with Gasteiger partial charge in [0.15, 0.2) is 0 Å². The summed E-state index contributed by atoms with van der Waals surface area (Å²) in [4.78, 5) is 28.5. The van der Waals surface area contributed by atoms with Crippen LogP contribution in [-0.2, 0) is 4.79 Å². The minimum Gasteiger partial charge on any atom is -0.367 e. The second kappa shape index (κ2) is 5.01. The largest absolute Gasteiger partial charge is 0.367 e. The van der Waals surface area contributed by atoms with Crippen molar-refractivity contribution in [1.82, 2.24) is 9.88 Å². The van der Waals surface area contributed by atoms with Crippen molar-refractivity contribution in [3.8, 4) is 0 Å². The summed E-state index contributed by atoms with van der Waals surface area (Å²) in [7, 11) is 1.73. The Hall–Kier alpha value is -2.70. The third kappa shape index (κ3) is 2.26. The Balaban J connectivity index is 2.08. The van der Waals surface area contributed by atoms with Crippen molar-refractivity contribution in [1.29, 1.82) is 0 Å². The van der Waals surface area contributed by atoms with Gasteiger partial charge in [0.2, 0.25) is 5.91 Å². The van der Waals surface area contributed by atoms with Crippen molar-refractivity contribution in [3.63, 3.8) is 0 Å². The van der Waals surface area contributed by atoms with Gasteiger partial charge >= 0.3 is 5.69 Å². The molecule has 108 valence electrons. The van der Waals surface area contributed by atoms with E-state index in [2.05, 4.69) is 10.3 Å². The Kier molecular flexibility index (Phi) is 3.17. The van der Waals surface area contributed by atoms with Gasteiger partial charge in [0.05, 0.1) is 10.4 Å². The maximum atomic E-state index is 12.0. The molecule has 1 aliphatic heterocycles. The predicted molar refractivity (Wildman–Crippen MR) is 78.1 cm³/mol. The number of carbonyl (C=O) groups excluding carboxylic acids is 1. The summed E-state index contributed by atoms with van der Waals surface area (Å²) >= 11 is 0. The van der Waals surface area contributed by atoms with Crippen molar-refractivity contribution in [2.75, 3.05) is 18.9 Å². The number of fused-ring (bicyclic) bond motifs is 1. The molecule has 1 aromatic heterocycles. The van der Waals surface area contributed by atoms with E-state index in [4.69, 9.17) is 0 Å². The first kappa shape index (κ1) is 13.3. The first-order valence-electron chi connectivity index (χ1n) is 6.61. The van der Waals surface area contributed by atoms with E-state index in [9.17, 15) is 14.9 Å². The number of pyridine rings is 1. The van der Waals surface area contributed by atoms with Gasteiger partial charge in [0, 0.05) is 19.0 Å². The van der Waals surface area contributed by atoms with Gasteiger partial charge in [0.1, 0.15) is 17.9 Å². The van der Waals surface area contributed by atoms with Crippen LogP contribution in [0.5, 0.6) is 0 Å². The summed E-state index contributed by atoms with van der Waals surface area (Å²) in [6.45, 7) is 0.646. The maximum Gasteiger partial charge on any atom is 0.311 e. The number of likely N-dealkylation sites (tertiary alicyclic amines) is 1. The van der Waals surface area contributed by atoms with Crippen molar-refractivity contribution in [2.24, 2.45) is 0 Å².